The van der Waals surface area contributed by atoms with Crippen molar-refractivity contribution >= 4 is 13.4 Å². The van der Waals surface area contributed by atoms with Gasteiger partial charge in [-0.2, -0.15) is 0 Å². The Morgan fingerprint density at radius 1 is 0.600 bits per heavy atom. The predicted molar refractivity (Wildman–Crippen MR) is 194 cm³/mol. The molecule has 4 nitrogen and oxygen atoms in total. The summed E-state index contributed by atoms with van der Waals surface area (Å²) >= 11 is 0. The Kier molecular flexibility index (Phi) is 17.5. The molecular formula is C40H56HfN4. The van der Waals surface area contributed by atoms with Crippen molar-refractivity contribution in [3.8, 4) is 0 Å². The van der Waals surface area contributed by atoms with Gasteiger partial charge in [0.2, 0.25) is 0 Å². The standard InChI is InChI=1S/2C19H25N2.2CH3.Hf/c2*1-13(2)12-20-18-9-7-8-17(21(18)6)19-15(4)10-14(3)11-16(19)5;;;/h2*7-11,13H,6,12H2,1-5H3;2*1H3;/q4*-1;+4. The van der Waals surface area contributed by atoms with Crippen LogP contribution in [0, 0.1) is 80.3 Å². The van der Waals surface area contributed by atoms with Crippen molar-refractivity contribution in [1.29, 1.82) is 0 Å². The van der Waals surface area contributed by atoms with Crippen LogP contribution in [-0.2, 0) is 25.8 Å². The monoisotopic (exact) mass is 772 g/mol. The minimum absolute atomic E-state index is 0. The van der Waals surface area contributed by atoms with Crippen molar-refractivity contribution in [1.82, 2.24) is 0 Å². The van der Waals surface area contributed by atoms with Gasteiger partial charge in [-0.15, -0.1) is 12.2 Å². The van der Waals surface area contributed by atoms with Crippen LogP contribution >= 0.6 is 0 Å². The van der Waals surface area contributed by atoms with E-state index in [0.29, 0.717) is 11.8 Å². The maximum Gasteiger partial charge on any atom is 4.00 e. The van der Waals surface area contributed by atoms with Gasteiger partial charge in [-0.05, 0) is 37.8 Å². The Labute approximate surface area is 295 Å². The molecule has 0 amide bonds. The Morgan fingerprint density at radius 3 is 1.16 bits per heavy atom. The molecule has 2 aromatic rings. The van der Waals surface area contributed by atoms with Gasteiger partial charge in [0.15, 0.2) is 0 Å². The van der Waals surface area contributed by atoms with E-state index in [1.807, 2.05) is 21.3 Å². The molecule has 0 fully saturated rings. The third-order valence-electron chi connectivity index (χ3n) is 7.24. The summed E-state index contributed by atoms with van der Waals surface area (Å²) < 4.78 is 3.90. The molecule has 0 atom stereocenters. The predicted octanol–water partition coefficient (Wildman–Crippen LogP) is 10.2. The zero-order chi connectivity index (χ0) is 31.1. The van der Waals surface area contributed by atoms with E-state index in [4.69, 9.17) is 0 Å². The Balaban J connectivity index is 0.000000807. The van der Waals surface area contributed by atoms with E-state index < -0.39 is 0 Å². The molecule has 0 bridgehead atoms. The fourth-order valence-electron chi connectivity index (χ4n) is 5.49. The molecule has 0 saturated carbocycles. The topological polar surface area (TPSA) is 34.2 Å². The minimum atomic E-state index is 0. The average Bonchev–Trinajstić information content (AvgIpc) is 2.88. The van der Waals surface area contributed by atoms with Gasteiger partial charge in [-0.25, -0.2) is 0 Å². The van der Waals surface area contributed by atoms with Gasteiger partial charge in [0.1, 0.15) is 0 Å². The first-order chi connectivity index (χ1) is 19.8. The smallest absolute Gasteiger partial charge is 0.389 e. The maximum atomic E-state index is 4.67. The second-order valence-corrected chi connectivity index (χ2v) is 12.4. The van der Waals surface area contributed by atoms with Gasteiger partial charge < -0.3 is 34.6 Å². The molecule has 2 aliphatic heterocycles. The third kappa shape index (κ3) is 11.1. The van der Waals surface area contributed by atoms with Crippen LogP contribution in [0.25, 0.3) is 10.6 Å². The summed E-state index contributed by atoms with van der Waals surface area (Å²) in [5.74, 6) is 2.97. The van der Waals surface area contributed by atoms with Crippen LogP contribution in [0.1, 0.15) is 72.2 Å². The Bertz CT molecular complexity index is 1280. The summed E-state index contributed by atoms with van der Waals surface area (Å²) in [7, 11) is 0. The van der Waals surface area contributed by atoms with Crippen LogP contribution < -0.4 is 0 Å². The second kappa shape index (κ2) is 18.8. The minimum Gasteiger partial charge on any atom is -0.389 e. The van der Waals surface area contributed by atoms with Gasteiger partial charge in [0.25, 0.3) is 0 Å². The van der Waals surface area contributed by atoms with Crippen molar-refractivity contribution in [2.45, 2.75) is 69.2 Å². The van der Waals surface area contributed by atoms with Crippen molar-refractivity contribution in [2.75, 3.05) is 13.1 Å². The number of rotatable bonds is 8. The first kappa shape index (κ1) is 42.0. The number of nitrogens with zero attached hydrogens (tertiary/aromatic N) is 4. The molecule has 2 aromatic carbocycles. The van der Waals surface area contributed by atoms with Crippen LogP contribution in [0.3, 0.4) is 0 Å². The molecule has 0 N–H and O–H groups in total. The van der Waals surface area contributed by atoms with E-state index in [0.717, 1.165) is 36.8 Å². The molecule has 0 saturated heterocycles. The molecule has 240 valence electrons. The molecule has 4 rings (SSSR count). The van der Waals surface area contributed by atoms with Crippen molar-refractivity contribution in [3.05, 3.63) is 154 Å². The van der Waals surface area contributed by atoms with Crippen LogP contribution in [0.5, 0.6) is 0 Å². The fourth-order valence-corrected chi connectivity index (χ4v) is 5.49. The molecule has 2 aliphatic rings. The van der Waals surface area contributed by atoms with Crippen LogP contribution in [0.2, 0.25) is 0 Å². The Morgan fingerprint density at radius 2 is 0.889 bits per heavy atom. The Hall–Kier alpha value is -3.05. The molecular weight excluding hydrogens is 715 g/mol. The number of benzene rings is 2. The summed E-state index contributed by atoms with van der Waals surface area (Å²) in [6.07, 6.45) is 12.4. The molecule has 5 heteroatoms. The van der Waals surface area contributed by atoms with Gasteiger partial charge in [-0.1, -0.05) is 162 Å². The summed E-state index contributed by atoms with van der Waals surface area (Å²) in [6.45, 7) is 31.7. The zero-order valence-corrected chi connectivity index (χ0v) is 33.6. The van der Waals surface area contributed by atoms with E-state index in [2.05, 4.69) is 142 Å². The molecule has 2 heterocycles. The van der Waals surface area contributed by atoms with Crippen molar-refractivity contribution < 1.29 is 35.0 Å². The average molecular weight is 771 g/mol. The van der Waals surface area contributed by atoms with E-state index in [-0.39, 0.29) is 40.7 Å². The number of allylic oxidation sites excluding steroid dienone is 4. The number of aryl methyl sites for hydroxylation is 6. The quantitative estimate of drug-likeness (QED) is 0.146. The third-order valence-corrected chi connectivity index (χ3v) is 7.24. The molecule has 0 radical (unpaired) electrons. The van der Waals surface area contributed by atoms with Gasteiger partial charge in [0.05, 0.1) is 11.6 Å². The first-order valence-electron chi connectivity index (χ1n) is 15.0. The second-order valence-electron chi connectivity index (χ2n) is 12.4. The summed E-state index contributed by atoms with van der Waals surface area (Å²) in [5.41, 5.74) is 10.2. The summed E-state index contributed by atoms with van der Waals surface area (Å²) in [5, 5.41) is 9.34. The molecule has 0 unspecified atom stereocenters. The van der Waals surface area contributed by atoms with Gasteiger partial charge >= 0.3 is 25.8 Å². The molecule has 0 aromatic heterocycles. The van der Waals surface area contributed by atoms with E-state index in [9.17, 15) is 0 Å². The largest absolute Gasteiger partial charge is 4.00 e. The number of hydrogen-bond acceptors (Lipinski definition) is 0. The maximum absolute atomic E-state index is 4.67. The SMILES string of the molecule is C=[N+]1C([N-]CC(C)C)=CC=C[C-]1c1c(C)cc(C)cc1C.C=[N+]1C([N-]CC(C)C)=CC=C[C-]1c1c(C)cc(C)cc1C.[CH3-].[CH3-].[Hf+4]. The first-order valence-corrected chi connectivity index (χ1v) is 15.0. The fraction of sp³-hybridized carbons (Fsp3) is 0.350. The molecule has 0 spiro atoms. The summed E-state index contributed by atoms with van der Waals surface area (Å²) in [4.78, 5) is 0. The van der Waals surface area contributed by atoms with Crippen LogP contribution in [0.15, 0.2) is 72.4 Å². The van der Waals surface area contributed by atoms with Crippen LogP contribution in [-0.4, -0.2) is 35.7 Å². The zero-order valence-electron chi connectivity index (χ0n) is 30.0. The summed E-state index contributed by atoms with van der Waals surface area (Å²) in [6, 6.07) is 11.1. The van der Waals surface area contributed by atoms with Crippen LogP contribution in [0.4, 0.5) is 0 Å². The van der Waals surface area contributed by atoms with Crippen molar-refractivity contribution in [2.24, 2.45) is 11.8 Å². The number of hydrogen-bond donors (Lipinski definition) is 0. The van der Waals surface area contributed by atoms with Gasteiger partial charge in [0, 0.05) is 13.1 Å². The molecule has 45 heavy (non-hydrogen) atoms. The van der Waals surface area contributed by atoms with E-state index >= 15 is 0 Å². The van der Waals surface area contributed by atoms with Gasteiger partial charge in [-0.3, -0.25) is 0 Å². The van der Waals surface area contributed by atoms with E-state index in [1.54, 1.807) is 0 Å². The van der Waals surface area contributed by atoms with E-state index in [1.165, 1.54) is 44.5 Å². The molecule has 0 aliphatic carbocycles. The van der Waals surface area contributed by atoms with Crippen molar-refractivity contribution in [3.63, 3.8) is 0 Å². The normalized spacial score (nSPS) is 13.7.